The highest BCUT2D eigenvalue weighted by atomic mass is 32.2. The van der Waals surface area contributed by atoms with Crippen molar-refractivity contribution in [3.63, 3.8) is 0 Å². The third kappa shape index (κ3) is 4.03. The van der Waals surface area contributed by atoms with Crippen molar-refractivity contribution in [2.45, 2.75) is 4.90 Å². The SMILES string of the molecule is CNC(=O)c1ccc(N2CCN(S(=O)(=O)c3cccc4c(N(C)C)cccc34)CC2)cc1. The Morgan fingerprint density at radius 3 is 2.12 bits per heavy atom. The maximum Gasteiger partial charge on any atom is 0.251 e. The van der Waals surface area contributed by atoms with Gasteiger partial charge in [0, 0.05) is 75.0 Å². The van der Waals surface area contributed by atoms with Crippen LogP contribution in [0.1, 0.15) is 10.4 Å². The summed E-state index contributed by atoms with van der Waals surface area (Å²) in [6.45, 7) is 1.99. The van der Waals surface area contributed by atoms with E-state index in [0.717, 1.165) is 22.1 Å². The van der Waals surface area contributed by atoms with E-state index < -0.39 is 10.0 Å². The number of piperazine rings is 1. The second-order valence-electron chi connectivity index (χ2n) is 8.04. The average Bonchev–Trinajstić information content (AvgIpc) is 2.82. The summed E-state index contributed by atoms with van der Waals surface area (Å²) in [5, 5.41) is 4.28. The molecule has 0 radical (unpaired) electrons. The van der Waals surface area contributed by atoms with Gasteiger partial charge >= 0.3 is 0 Å². The topological polar surface area (TPSA) is 73.0 Å². The van der Waals surface area contributed by atoms with Crippen molar-refractivity contribution < 1.29 is 13.2 Å². The molecular formula is C24H28N4O3S. The van der Waals surface area contributed by atoms with E-state index in [9.17, 15) is 13.2 Å². The molecule has 1 amide bonds. The van der Waals surface area contributed by atoms with Gasteiger partial charge in [0.2, 0.25) is 10.0 Å². The lowest BCUT2D eigenvalue weighted by Gasteiger charge is -2.35. The Labute approximate surface area is 189 Å². The van der Waals surface area contributed by atoms with Crippen molar-refractivity contribution in [2.24, 2.45) is 0 Å². The number of benzene rings is 3. The number of hydrogen-bond acceptors (Lipinski definition) is 5. The monoisotopic (exact) mass is 452 g/mol. The summed E-state index contributed by atoms with van der Waals surface area (Å²) >= 11 is 0. The van der Waals surface area contributed by atoms with E-state index in [-0.39, 0.29) is 5.91 Å². The lowest BCUT2D eigenvalue weighted by Crippen LogP contribution is -2.48. The quantitative estimate of drug-likeness (QED) is 0.645. The number of hydrogen-bond donors (Lipinski definition) is 1. The third-order valence-electron chi connectivity index (χ3n) is 5.92. The molecule has 32 heavy (non-hydrogen) atoms. The van der Waals surface area contributed by atoms with Crippen LogP contribution in [-0.2, 0) is 10.0 Å². The molecule has 0 saturated carbocycles. The van der Waals surface area contributed by atoms with Gasteiger partial charge in [-0.15, -0.1) is 0 Å². The molecule has 8 heteroatoms. The minimum absolute atomic E-state index is 0.125. The highest BCUT2D eigenvalue weighted by Gasteiger charge is 2.30. The van der Waals surface area contributed by atoms with Crippen LogP contribution in [-0.4, -0.2) is 66.0 Å². The zero-order valence-corrected chi connectivity index (χ0v) is 19.4. The number of fused-ring (bicyclic) bond motifs is 1. The van der Waals surface area contributed by atoms with Crippen LogP contribution >= 0.6 is 0 Å². The molecule has 1 aliphatic rings. The molecule has 3 aromatic rings. The fourth-order valence-corrected chi connectivity index (χ4v) is 5.80. The lowest BCUT2D eigenvalue weighted by atomic mass is 10.1. The molecule has 3 aromatic carbocycles. The average molecular weight is 453 g/mol. The molecule has 1 saturated heterocycles. The summed E-state index contributed by atoms with van der Waals surface area (Å²) < 4.78 is 28.6. The minimum atomic E-state index is -3.62. The number of sulfonamides is 1. The Morgan fingerprint density at radius 1 is 0.875 bits per heavy atom. The number of nitrogens with one attached hydrogen (secondary N) is 1. The zero-order valence-electron chi connectivity index (χ0n) is 18.6. The summed E-state index contributed by atoms with van der Waals surface area (Å²) in [6, 6.07) is 18.6. The predicted molar refractivity (Wildman–Crippen MR) is 129 cm³/mol. The molecular weight excluding hydrogens is 424 g/mol. The van der Waals surface area contributed by atoms with Crippen molar-refractivity contribution in [1.29, 1.82) is 0 Å². The molecule has 1 fully saturated rings. The number of carbonyl (C=O) groups excluding carboxylic acids is 1. The van der Waals surface area contributed by atoms with Crippen molar-refractivity contribution in [1.82, 2.24) is 9.62 Å². The van der Waals surface area contributed by atoms with Gasteiger partial charge in [0.25, 0.3) is 5.91 Å². The van der Waals surface area contributed by atoms with Crippen molar-refractivity contribution in [3.05, 3.63) is 66.2 Å². The van der Waals surface area contributed by atoms with Crippen LogP contribution < -0.4 is 15.1 Å². The van der Waals surface area contributed by atoms with E-state index in [1.807, 2.05) is 61.5 Å². The summed E-state index contributed by atoms with van der Waals surface area (Å²) in [4.78, 5) is 16.2. The lowest BCUT2D eigenvalue weighted by molar-refractivity contribution is 0.0963. The van der Waals surface area contributed by atoms with Crippen LogP contribution in [0.5, 0.6) is 0 Å². The van der Waals surface area contributed by atoms with E-state index in [0.29, 0.717) is 36.6 Å². The van der Waals surface area contributed by atoms with Gasteiger partial charge in [-0.3, -0.25) is 4.79 Å². The molecule has 0 bridgehead atoms. The van der Waals surface area contributed by atoms with E-state index in [1.165, 1.54) is 0 Å². The second kappa shape index (κ2) is 8.80. The maximum atomic E-state index is 13.5. The predicted octanol–water partition coefficient (Wildman–Crippen LogP) is 2.78. The first-order chi connectivity index (χ1) is 15.3. The van der Waals surface area contributed by atoms with Gasteiger partial charge in [0.05, 0.1) is 4.90 Å². The highest BCUT2D eigenvalue weighted by Crippen LogP contribution is 2.32. The van der Waals surface area contributed by atoms with Gasteiger partial charge in [-0.2, -0.15) is 4.31 Å². The number of amides is 1. The van der Waals surface area contributed by atoms with Gasteiger partial charge in [-0.25, -0.2) is 8.42 Å². The normalized spacial score (nSPS) is 15.0. The number of nitrogens with zero attached hydrogens (tertiary/aromatic N) is 3. The molecule has 1 heterocycles. The van der Waals surface area contributed by atoms with Crippen molar-refractivity contribution in [3.8, 4) is 0 Å². The van der Waals surface area contributed by atoms with Gasteiger partial charge < -0.3 is 15.1 Å². The second-order valence-corrected chi connectivity index (χ2v) is 9.95. The van der Waals surface area contributed by atoms with E-state index in [1.54, 1.807) is 29.6 Å². The van der Waals surface area contributed by atoms with Crippen LogP contribution in [0.4, 0.5) is 11.4 Å². The molecule has 0 aromatic heterocycles. The Hall–Kier alpha value is -3.10. The Balaban J connectivity index is 1.55. The summed E-state index contributed by atoms with van der Waals surface area (Å²) in [5.74, 6) is -0.125. The zero-order chi connectivity index (χ0) is 22.9. The molecule has 0 aliphatic carbocycles. The number of rotatable bonds is 5. The van der Waals surface area contributed by atoms with E-state index in [2.05, 4.69) is 10.2 Å². The Kier molecular flexibility index (Phi) is 6.08. The first-order valence-electron chi connectivity index (χ1n) is 10.6. The maximum absolute atomic E-state index is 13.5. The smallest absolute Gasteiger partial charge is 0.251 e. The standard InChI is InChI=1S/C24H28N4O3S/c1-25-24(29)18-10-12-19(13-11-18)27-14-16-28(17-15-27)32(30,31)23-9-5-6-20-21(23)7-4-8-22(20)26(2)3/h4-13H,14-17H2,1-3H3,(H,25,29). The van der Waals surface area contributed by atoms with Crippen LogP contribution in [0, 0.1) is 0 Å². The molecule has 7 nitrogen and oxygen atoms in total. The van der Waals surface area contributed by atoms with Gasteiger partial charge in [-0.05, 0) is 36.4 Å². The molecule has 0 atom stereocenters. The minimum Gasteiger partial charge on any atom is -0.377 e. The van der Waals surface area contributed by atoms with Crippen molar-refractivity contribution in [2.75, 3.05) is 57.1 Å². The fourth-order valence-electron chi connectivity index (χ4n) is 4.17. The molecule has 1 N–H and O–H groups in total. The van der Waals surface area contributed by atoms with Gasteiger partial charge in [0.1, 0.15) is 0 Å². The molecule has 1 aliphatic heterocycles. The Bertz CT molecular complexity index is 1230. The van der Waals surface area contributed by atoms with E-state index in [4.69, 9.17) is 0 Å². The van der Waals surface area contributed by atoms with E-state index >= 15 is 0 Å². The molecule has 0 spiro atoms. The first kappa shape index (κ1) is 22.1. The van der Waals surface area contributed by atoms with Gasteiger partial charge in [-0.1, -0.05) is 24.3 Å². The third-order valence-corrected chi connectivity index (χ3v) is 7.88. The Morgan fingerprint density at radius 2 is 1.50 bits per heavy atom. The number of carbonyl (C=O) groups is 1. The highest BCUT2D eigenvalue weighted by molar-refractivity contribution is 7.89. The van der Waals surface area contributed by atoms with Crippen LogP contribution in [0.25, 0.3) is 10.8 Å². The molecule has 4 rings (SSSR count). The summed E-state index contributed by atoms with van der Waals surface area (Å²) in [5.41, 5.74) is 2.57. The van der Waals surface area contributed by atoms with Crippen molar-refractivity contribution >= 4 is 38.1 Å². The summed E-state index contributed by atoms with van der Waals surface area (Å²) in [7, 11) is 1.89. The fraction of sp³-hybridized carbons (Fsp3) is 0.292. The first-order valence-corrected chi connectivity index (χ1v) is 12.0. The van der Waals surface area contributed by atoms with Gasteiger partial charge in [0.15, 0.2) is 0 Å². The van der Waals surface area contributed by atoms with Crippen LogP contribution in [0.2, 0.25) is 0 Å². The van der Waals surface area contributed by atoms with Crippen LogP contribution in [0.3, 0.4) is 0 Å². The van der Waals surface area contributed by atoms with Crippen LogP contribution in [0.15, 0.2) is 65.6 Å². The largest absolute Gasteiger partial charge is 0.377 e. The molecule has 168 valence electrons. The number of anilines is 2. The summed E-state index contributed by atoms with van der Waals surface area (Å²) in [6.07, 6.45) is 0. The molecule has 0 unspecified atom stereocenters.